The second-order valence-corrected chi connectivity index (χ2v) is 6.36. The third-order valence-corrected chi connectivity index (χ3v) is 4.57. The van der Waals surface area contributed by atoms with Gasteiger partial charge in [0.25, 0.3) is 0 Å². The maximum atomic E-state index is 6.00. The maximum Gasteiger partial charge on any atom is 0.160 e. The molecule has 0 fully saturated rings. The van der Waals surface area contributed by atoms with Crippen molar-refractivity contribution < 1.29 is 4.42 Å². The molecule has 0 aliphatic heterocycles. The number of rotatable bonds is 2. The Kier molecular flexibility index (Phi) is 3.32. The largest absolute Gasteiger partial charge is 0.456 e. The van der Waals surface area contributed by atoms with Crippen molar-refractivity contribution in [3.05, 3.63) is 84.6 Å². The number of furan rings is 1. The van der Waals surface area contributed by atoms with Crippen LogP contribution in [-0.4, -0.2) is 9.97 Å². The minimum absolute atomic E-state index is 0.723. The highest BCUT2D eigenvalue weighted by molar-refractivity contribution is 6.11. The molecule has 2 aromatic heterocycles. The summed E-state index contributed by atoms with van der Waals surface area (Å²) in [6, 6.07) is 26.4. The summed E-state index contributed by atoms with van der Waals surface area (Å²) >= 11 is 0. The molecule has 0 bridgehead atoms. The van der Waals surface area contributed by atoms with Crippen molar-refractivity contribution in [2.24, 2.45) is 0 Å². The molecular formula is C23H16N2O. The summed E-state index contributed by atoms with van der Waals surface area (Å²) in [5, 5.41) is 2.15. The average molecular weight is 336 g/mol. The van der Waals surface area contributed by atoms with E-state index in [1.165, 1.54) is 0 Å². The number of hydrogen-bond acceptors (Lipinski definition) is 3. The number of benzene rings is 3. The van der Waals surface area contributed by atoms with E-state index < -0.39 is 0 Å². The molecule has 3 heteroatoms. The van der Waals surface area contributed by atoms with Gasteiger partial charge in [-0.1, -0.05) is 60.7 Å². The molecule has 0 amide bonds. The van der Waals surface area contributed by atoms with Gasteiger partial charge in [-0.2, -0.15) is 0 Å². The van der Waals surface area contributed by atoms with Crippen molar-refractivity contribution in [1.29, 1.82) is 0 Å². The minimum Gasteiger partial charge on any atom is -0.456 e. The Morgan fingerprint density at radius 3 is 2.38 bits per heavy atom. The molecule has 124 valence electrons. The first-order valence-corrected chi connectivity index (χ1v) is 8.61. The Morgan fingerprint density at radius 2 is 1.50 bits per heavy atom. The first-order chi connectivity index (χ1) is 12.8. The molecule has 0 N–H and O–H groups in total. The zero-order chi connectivity index (χ0) is 17.5. The van der Waals surface area contributed by atoms with Crippen LogP contribution in [0.1, 0.15) is 5.69 Å². The fourth-order valence-electron chi connectivity index (χ4n) is 3.41. The fourth-order valence-corrected chi connectivity index (χ4v) is 3.41. The number of aromatic nitrogens is 2. The van der Waals surface area contributed by atoms with Gasteiger partial charge in [0.05, 0.1) is 5.69 Å². The van der Waals surface area contributed by atoms with Gasteiger partial charge >= 0.3 is 0 Å². The minimum atomic E-state index is 0.723. The van der Waals surface area contributed by atoms with Crippen LogP contribution in [0, 0.1) is 6.92 Å². The highest BCUT2D eigenvalue weighted by atomic mass is 16.3. The van der Waals surface area contributed by atoms with E-state index in [2.05, 4.69) is 24.3 Å². The SMILES string of the molecule is Cc1cc(-c2ccccc2)nc(-c2cccc3oc4ccccc4c23)n1. The van der Waals surface area contributed by atoms with Gasteiger partial charge in [0.1, 0.15) is 11.2 Å². The highest BCUT2D eigenvalue weighted by Crippen LogP contribution is 2.35. The first-order valence-electron chi connectivity index (χ1n) is 8.61. The van der Waals surface area contributed by atoms with Gasteiger partial charge in [-0.05, 0) is 25.1 Å². The van der Waals surface area contributed by atoms with E-state index in [0.717, 1.165) is 50.3 Å². The van der Waals surface area contributed by atoms with Crippen LogP contribution in [0.4, 0.5) is 0 Å². The summed E-state index contributed by atoms with van der Waals surface area (Å²) in [6.45, 7) is 2.01. The summed E-state index contributed by atoms with van der Waals surface area (Å²) in [5.74, 6) is 0.723. The predicted octanol–water partition coefficient (Wildman–Crippen LogP) is 6.02. The second kappa shape index (κ2) is 5.81. The third-order valence-electron chi connectivity index (χ3n) is 4.57. The van der Waals surface area contributed by atoms with E-state index >= 15 is 0 Å². The van der Waals surface area contributed by atoms with Gasteiger partial charge < -0.3 is 4.42 Å². The average Bonchev–Trinajstić information content (AvgIpc) is 3.07. The van der Waals surface area contributed by atoms with Crippen molar-refractivity contribution in [3.8, 4) is 22.6 Å². The summed E-state index contributed by atoms with van der Waals surface area (Å²) < 4.78 is 6.00. The molecule has 3 nitrogen and oxygen atoms in total. The number of nitrogens with zero attached hydrogens (tertiary/aromatic N) is 2. The van der Waals surface area contributed by atoms with Gasteiger partial charge in [-0.25, -0.2) is 9.97 Å². The molecule has 5 aromatic rings. The third kappa shape index (κ3) is 2.37. The van der Waals surface area contributed by atoms with E-state index in [0.29, 0.717) is 0 Å². The Hall–Kier alpha value is -3.46. The van der Waals surface area contributed by atoms with Crippen molar-refractivity contribution in [3.63, 3.8) is 0 Å². The topological polar surface area (TPSA) is 38.9 Å². The molecule has 0 unspecified atom stereocenters. The van der Waals surface area contributed by atoms with E-state index in [1.54, 1.807) is 0 Å². The molecule has 0 aliphatic carbocycles. The number of fused-ring (bicyclic) bond motifs is 3. The smallest absolute Gasteiger partial charge is 0.160 e. The molecule has 3 aromatic carbocycles. The summed E-state index contributed by atoms with van der Waals surface area (Å²) in [7, 11) is 0. The van der Waals surface area contributed by atoms with Gasteiger partial charge in [0, 0.05) is 27.6 Å². The summed E-state index contributed by atoms with van der Waals surface area (Å²) in [5.41, 5.74) is 5.69. The summed E-state index contributed by atoms with van der Waals surface area (Å²) in [4.78, 5) is 9.57. The van der Waals surface area contributed by atoms with Crippen LogP contribution in [0.15, 0.2) is 83.3 Å². The van der Waals surface area contributed by atoms with Gasteiger partial charge in [0.15, 0.2) is 5.82 Å². The lowest BCUT2D eigenvalue weighted by molar-refractivity contribution is 0.669. The molecule has 5 rings (SSSR count). The quantitative estimate of drug-likeness (QED) is 0.396. The van der Waals surface area contributed by atoms with Gasteiger partial charge in [-0.15, -0.1) is 0 Å². The van der Waals surface area contributed by atoms with Crippen LogP contribution >= 0.6 is 0 Å². The van der Waals surface area contributed by atoms with Crippen molar-refractivity contribution in [1.82, 2.24) is 9.97 Å². The Balaban J connectivity index is 1.80. The van der Waals surface area contributed by atoms with E-state index in [9.17, 15) is 0 Å². The van der Waals surface area contributed by atoms with Crippen LogP contribution in [0.3, 0.4) is 0 Å². The predicted molar refractivity (Wildman–Crippen MR) is 105 cm³/mol. The molecule has 0 atom stereocenters. The lowest BCUT2D eigenvalue weighted by Crippen LogP contribution is -1.95. The highest BCUT2D eigenvalue weighted by Gasteiger charge is 2.15. The molecular weight excluding hydrogens is 320 g/mol. The standard InChI is InChI=1S/C23H16N2O/c1-15-14-19(16-8-3-2-4-9-16)25-23(24-15)18-11-7-13-21-22(18)17-10-5-6-12-20(17)26-21/h2-14H,1H3. The van der Waals surface area contributed by atoms with Crippen molar-refractivity contribution in [2.45, 2.75) is 6.92 Å². The number of hydrogen-bond donors (Lipinski definition) is 0. The monoisotopic (exact) mass is 336 g/mol. The molecule has 0 saturated carbocycles. The van der Waals surface area contributed by atoms with Crippen LogP contribution in [0.25, 0.3) is 44.6 Å². The van der Waals surface area contributed by atoms with E-state index in [1.807, 2.05) is 61.5 Å². The van der Waals surface area contributed by atoms with Gasteiger partial charge in [-0.3, -0.25) is 0 Å². The lowest BCUT2D eigenvalue weighted by Gasteiger charge is -2.07. The lowest BCUT2D eigenvalue weighted by atomic mass is 10.0. The molecule has 26 heavy (non-hydrogen) atoms. The van der Waals surface area contributed by atoms with E-state index in [-0.39, 0.29) is 0 Å². The first kappa shape index (κ1) is 14.8. The number of para-hydroxylation sites is 1. The zero-order valence-corrected chi connectivity index (χ0v) is 14.3. The molecule has 2 heterocycles. The van der Waals surface area contributed by atoms with Crippen LogP contribution in [-0.2, 0) is 0 Å². The molecule has 0 saturated heterocycles. The van der Waals surface area contributed by atoms with Crippen molar-refractivity contribution in [2.75, 3.05) is 0 Å². The van der Waals surface area contributed by atoms with Gasteiger partial charge in [0.2, 0.25) is 0 Å². The van der Waals surface area contributed by atoms with E-state index in [4.69, 9.17) is 14.4 Å². The van der Waals surface area contributed by atoms with Crippen LogP contribution < -0.4 is 0 Å². The molecule has 0 spiro atoms. The zero-order valence-electron chi connectivity index (χ0n) is 14.3. The maximum absolute atomic E-state index is 6.00. The number of aryl methyl sites for hydroxylation is 1. The molecule has 0 aliphatic rings. The Bertz CT molecular complexity index is 1240. The molecule has 0 radical (unpaired) electrons. The van der Waals surface area contributed by atoms with Crippen LogP contribution in [0.2, 0.25) is 0 Å². The Morgan fingerprint density at radius 1 is 0.731 bits per heavy atom. The second-order valence-electron chi connectivity index (χ2n) is 6.36. The fraction of sp³-hybridized carbons (Fsp3) is 0.0435. The van der Waals surface area contributed by atoms with Crippen LogP contribution in [0.5, 0.6) is 0 Å². The Labute approximate surface area is 151 Å². The summed E-state index contributed by atoms with van der Waals surface area (Å²) in [6.07, 6.45) is 0. The van der Waals surface area contributed by atoms with Crippen molar-refractivity contribution >= 4 is 21.9 Å². The normalized spacial score (nSPS) is 11.3.